The minimum Gasteiger partial charge on any atom is -0.310 e. The van der Waals surface area contributed by atoms with Gasteiger partial charge in [-0.05, 0) is 38.0 Å². The van der Waals surface area contributed by atoms with Gasteiger partial charge in [-0.15, -0.1) is 11.8 Å². The number of para-hydroxylation sites is 1. The average molecular weight is 355 g/mol. The van der Waals surface area contributed by atoms with Crippen LogP contribution in [0.3, 0.4) is 0 Å². The van der Waals surface area contributed by atoms with E-state index in [-0.39, 0.29) is 11.4 Å². The van der Waals surface area contributed by atoms with E-state index < -0.39 is 0 Å². The van der Waals surface area contributed by atoms with Crippen molar-refractivity contribution in [2.75, 3.05) is 18.0 Å². The SMILES string of the molecule is CC1CCN(C(=O)CNC(C)(C)c2ccccc2)c2ccccc2S1. The zero-order valence-electron chi connectivity index (χ0n) is 15.2. The van der Waals surface area contributed by atoms with Gasteiger partial charge in [-0.3, -0.25) is 10.1 Å². The Morgan fingerprint density at radius 1 is 1.16 bits per heavy atom. The summed E-state index contributed by atoms with van der Waals surface area (Å²) in [4.78, 5) is 16.1. The molecule has 0 bridgehead atoms. The van der Waals surface area contributed by atoms with Crippen LogP contribution in [-0.4, -0.2) is 24.2 Å². The second-order valence-corrected chi connectivity index (χ2v) is 8.56. The number of nitrogens with one attached hydrogen (secondary N) is 1. The minimum atomic E-state index is -0.246. The van der Waals surface area contributed by atoms with Crippen LogP contribution in [0.2, 0.25) is 0 Å². The molecule has 3 nitrogen and oxygen atoms in total. The quantitative estimate of drug-likeness (QED) is 0.881. The van der Waals surface area contributed by atoms with E-state index in [2.05, 4.69) is 50.4 Å². The molecule has 132 valence electrons. The lowest BCUT2D eigenvalue weighted by Crippen LogP contribution is -2.45. The molecule has 1 unspecified atom stereocenters. The molecule has 3 rings (SSSR count). The monoisotopic (exact) mass is 354 g/mol. The third-order valence-electron chi connectivity index (χ3n) is 4.72. The normalized spacial score (nSPS) is 17.7. The van der Waals surface area contributed by atoms with Crippen LogP contribution in [0.25, 0.3) is 0 Å². The second-order valence-electron chi connectivity index (χ2n) is 7.07. The summed E-state index contributed by atoms with van der Waals surface area (Å²) in [5, 5.41) is 3.96. The highest BCUT2D eigenvalue weighted by atomic mass is 32.2. The van der Waals surface area contributed by atoms with Crippen LogP contribution in [0.5, 0.6) is 0 Å². The third kappa shape index (κ3) is 4.25. The molecule has 25 heavy (non-hydrogen) atoms. The number of hydrogen-bond donors (Lipinski definition) is 1. The van der Waals surface area contributed by atoms with Crippen molar-refractivity contribution in [2.24, 2.45) is 0 Å². The summed E-state index contributed by atoms with van der Waals surface area (Å²) in [7, 11) is 0. The summed E-state index contributed by atoms with van der Waals surface area (Å²) >= 11 is 1.86. The number of carbonyl (C=O) groups excluding carboxylic acids is 1. The summed E-state index contributed by atoms with van der Waals surface area (Å²) in [5.41, 5.74) is 1.98. The Balaban J connectivity index is 1.73. The fraction of sp³-hybridized carbons (Fsp3) is 0.381. The number of amides is 1. The molecule has 1 N–H and O–H groups in total. The van der Waals surface area contributed by atoms with Crippen LogP contribution in [0, 0.1) is 0 Å². The number of rotatable bonds is 4. The Kier molecular flexibility index (Phi) is 5.50. The molecular formula is C21H26N2OS. The van der Waals surface area contributed by atoms with Crippen molar-refractivity contribution in [1.82, 2.24) is 5.32 Å². The van der Waals surface area contributed by atoms with Gasteiger partial charge in [0.1, 0.15) is 0 Å². The fourth-order valence-electron chi connectivity index (χ4n) is 3.09. The highest BCUT2D eigenvalue weighted by Gasteiger charge is 2.26. The van der Waals surface area contributed by atoms with Crippen molar-refractivity contribution in [3.63, 3.8) is 0 Å². The molecule has 4 heteroatoms. The van der Waals surface area contributed by atoms with E-state index >= 15 is 0 Å². The van der Waals surface area contributed by atoms with Crippen molar-refractivity contribution in [2.45, 2.75) is 42.9 Å². The molecule has 0 saturated heterocycles. The zero-order valence-corrected chi connectivity index (χ0v) is 16.0. The van der Waals surface area contributed by atoms with Gasteiger partial charge in [0.2, 0.25) is 5.91 Å². The van der Waals surface area contributed by atoms with E-state index in [1.807, 2.05) is 47.0 Å². The molecule has 0 aromatic heterocycles. The summed E-state index contributed by atoms with van der Waals surface area (Å²) in [6.45, 7) is 7.56. The van der Waals surface area contributed by atoms with Crippen molar-refractivity contribution < 1.29 is 4.79 Å². The largest absolute Gasteiger partial charge is 0.310 e. The van der Waals surface area contributed by atoms with Crippen molar-refractivity contribution >= 4 is 23.4 Å². The van der Waals surface area contributed by atoms with Crippen molar-refractivity contribution in [1.29, 1.82) is 0 Å². The standard InChI is InChI=1S/C21H26N2OS/c1-16-13-14-23(18-11-7-8-12-19(18)25-16)20(24)15-22-21(2,3)17-9-5-4-6-10-17/h4-12,16,22H,13-15H2,1-3H3. The summed E-state index contributed by atoms with van der Waals surface area (Å²) in [6, 6.07) is 18.5. The number of thioether (sulfide) groups is 1. The average Bonchev–Trinajstić information content (AvgIpc) is 2.79. The van der Waals surface area contributed by atoms with Gasteiger partial charge in [-0.2, -0.15) is 0 Å². The molecule has 0 fully saturated rings. The van der Waals surface area contributed by atoms with Crippen molar-refractivity contribution in [3.05, 3.63) is 60.2 Å². The molecule has 0 aliphatic carbocycles. The number of fused-ring (bicyclic) bond motifs is 1. The number of carbonyl (C=O) groups is 1. The molecule has 2 aromatic carbocycles. The molecule has 0 spiro atoms. The zero-order chi connectivity index (χ0) is 17.9. The molecule has 1 atom stereocenters. The lowest BCUT2D eigenvalue weighted by Gasteiger charge is -2.29. The Morgan fingerprint density at radius 3 is 2.60 bits per heavy atom. The maximum absolute atomic E-state index is 13.0. The molecule has 1 amide bonds. The summed E-state index contributed by atoms with van der Waals surface area (Å²) in [6.07, 6.45) is 1.01. The van der Waals surface area contributed by atoms with E-state index in [4.69, 9.17) is 0 Å². The number of nitrogens with zero attached hydrogens (tertiary/aromatic N) is 1. The van der Waals surface area contributed by atoms with Gasteiger partial charge in [0.05, 0.1) is 12.2 Å². The molecule has 1 heterocycles. The van der Waals surface area contributed by atoms with Gasteiger partial charge >= 0.3 is 0 Å². The van der Waals surface area contributed by atoms with Crippen LogP contribution < -0.4 is 10.2 Å². The van der Waals surface area contributed by atoms with E-state index in [1.54, 1.807) is 0 Å². The Morgan fingerprint density at radius 2 is 1.84 bits per heavy atom. The van der Waals surface area contributed by atoms with E-state index in [9.17, 15) is 4.79 Å². The predicted molar refractivity (Wildman–Crippen MR) is 106 cm³/mol. The molecule has 0 saturated carbocycles. The molecule has 1 aliphatic rings. The first-order valence-electron chi connectivity index (χ1n) is 8.84. The fourth-order valence-corrected chi connectivity index (χ4v) is 4.21. The number of hydrogen-bond acceptors (Lipinski definition) is 3. The predicted octanol–water partition coefficient (Wildman–Crippen LogP) is 4.43. The Bertz CT molecular complexity index is 730. The van der Waals surface area contributed by atoms with Gasteiger partial charge in [-0.25, -0.2) is 0 Å². The van der Waals surface area contributed by atoms with E-state index in [0.29, 0.717) is 11.8 Å². The number of anilines is 1. The first kappa shape index (κ1) is 18.0. The van der Waals surface area contributed by atoms with Crippen LogP contribution in [-0.2, 0) is 10.3 Å². The maximum atomic E-state index is 13.0. The topological polar surface area (TPSA) is 32.3 Å². The Hall–Kier alpha value is -1.78. The van der Waals surface area contributed by atoms with Gasteiger partial charge in [0.25, 0.3) is 0 Å². The smallest absolute Gasteiger partial charge is 0.240 e. The van der Waals surface area contributed by atoms with Crippen LogP contribution in [0.1, 0.15) is 32.8 Å². The maximum Gasteiger partial charge on any atom is 0.240 e. The highest BCUT2D eigenvalue weighted by molar-refractivity contribution is 8.00. The molecule has 0 radical (unpaired) electrons. The van der Waals surface area contributed by atoms with Gasteiger partial charge in [0, 0.05) is 22.2 Å². The lowest BCUT2D eigenvalue weighted by molar-refractivity contribution is -0.118. The van der Waals surface area contributed by atoms with Crippen LogP contribution >= 0.6 is 11.8 Å². The van der Waals surface area contributed by atoms with Crippen LogP contribution in [0.15, 0.2) is 59.5 Å². The van der Waals surface area contributed by atoms with Gasteiger partial charge in [-0.1, -0.05) is 49.4 Å². The minimum absolute atomic E-state index is 0.131. The van der Waals surface area contributed by atoms with Crippen molar-refractivity contribution in [3.8, 4) is 0 Å². The van der Waals surface area contributed by atoms with E-state index in [0.717, 1.165) is 18.7 Å². The molecule has 2 aromatic rings. The highest BCUT2D eigenvalue weighted by Crippen LogP contribution is 2.37. The second kappa shape index (κ2) is 7.63. The van der Waals surface area contributed by atoms with Gasteiger partial charge < -0.3 is 4.90 Å². The van der Waals surface area contributed by atoms with Crippen LogP contribution in [0.4, 0.5) is 5.69 Å². The Labute approximate surface area is 154 Å². The van der Waals surface area contributed by atoms with Gasteiger partial charge in [0.15, 0.2) is 0 Å². The molecular weight excluding hydrogens is 328 g/mol. The summed E-state index contributed by atoms with van der Waals surface area (Å²) < 4.78 is 0. The number of benzene rings is 2. The first-order chi connectivity index (χ1) is 12.0. The first-order valence-corrected chi connectivity index (χ1v) is 9.72. The molecule has 1 aliphatic heterocycles. The third-order valence-corrected chi connectivity index (χ3v) is 5.96. The van der Waals surface area contributed by atoms with E-state index in [1.165, 1.54) is 10.5 Å². The summed E-state index contributed by atoms with van der Waals surface area (Å²) in [5.74, 6) is 0.131. The lowest BCUT2D eigenvalue weighted by atomic mass is 9.94.